The highest BCUT2D eigenvalue weighted by Crippen LogP contribution is 2.26. The molecule has 0 saturated carbocycles. The van der Waals surface area contributed by atoms with Gasteiger partial charge in [-0.05, 0) is 42.3 Å². The molecule has 3 rings (SSSR count). The number of benzene rings is 2. The quantitative estimate of drug-likeness (QED) is 0.566. The lowest BCUT2D eigenvalue weighted by molar-refractivity contribution is -0.124. The number of rotatable bonds is 7. The van der Waals surface area contributed by atoms with Gasteiger partial charge in [0.2, 0.25) is 11.8 Å². The average Bonchev–Trinajstić information content (AvgIpc) is 3.16. The molecule has 0 aliphatic rings. The van der Waals surface area contributed by atoms with E-state index in [1.54, 1.807) is 16.8 Å². The first kappa shape index (κ1) is 23.2. The average molecular weight is 437 g/mol. The van der Waals surface area contributed by atoms with E-state index >= 15 is 0 Å². The highest BCUT2D eigenvalue weighted by atomic mass is 19.1. The fourth-order valence-electron chi connectivity index (χ4n) is 3.12. The van der Waals surface area contributed by atoms with Gasteiger partial charge in [-0.3, -0.25) is 9.59 Å². The fraction of sp³-hybridized carbons (Fsp3) is 0.320. The van der Waals surface area contributed by atoms with Crippen LogP contribution >= 0.6 is 0 Å². The number of amides is 2. The van der Waals surface area contributed by atoms with E-state index in [0.717, 1.165) is 22.5 Å². The van der Waals surface area contributed by atoms with Crippen molar-refractivity contribution >= 4 is 17.6 Å². The SMILES string of the molecule is Cc1cccc(-n2nc(C(C)(C)C)cc2NC(=O)CCC(=O)NCc2ccc(F)cc2)c1. The van der Waals surface area contributed by atoms with Crippen molar-refractivity contribution in [3.05, 3.63) is 77.2 Å². The normalized spacial score (nSPS) is 11.3. The Morgan fingerprint density at radius 3 is 2.34 bits per heavy atom. The van der Waals surface area contributed by atoms with E-state index in [1.165, 1.54) is 12.1 Å². The Balaban J connectivity index is 1.63. The molecule has 1 aromatic heterocycles. The van der Waals surface area contributed by atoms with Gasteiger partial charge in [0, 0.05) is 30.9 Å². The van der Waals surface area contributed by atoms with Crippen LogP contribution in [0.25, 0.3) is 5.69 Å². The molecule has 2 aromatic carbocycles. The second-order valence-electron chi connectivity index (χ2n) is 8.87. The number of halogens is 1. The lowest BCUT2D eigenvalue weighted by Crippen LogP contribution is -2.24. The number of aromatic nitrogens is 2. The minimum absolute atomic E-state index is 0.0408. The molecule has 3 aromatic rings. The molecule has 0 bridgehead atoms. The molecule has 0 fully saturated rings. The molecule has 6 nitrogen and oxygen atoms in total. The molecule has 0 atom stereocenters. The summed E-state index contributed by atoms with van der Waals surface area (Å²) in [6.07, 6.45) is 0.0941. The van der Waals surface area contributed by atoms with Gasteiger partial charge < -0.3 is 10.6 Å². The van der Waals surface area contributed by atoms with Crippen molar-refractivity contribution in [3.8, 4) is 5.69 Å². The largest absolute Gasteiger partial charge is 0.352 e. The first-order valence-electron chi connectivity index (χ1n) is 10.6. The second-order valence-corrected chi connectivity index (χ2v) is 8.87. The molecule has 0 radical (unpaired) electrons. The maximum atomic E-state index is 13.0. The summed E-state index contributed by atoms with van der Waals surface area (Å²) in [6, 6.07) is 15.7. The minimum atomic E-state index is -0.323. The Labute approximate surface area is 187 Å². The van der Waals surface area contributed by atoms with E-state index < -0.39 is 0 Å². The summed E-state index contributed by atoms with van der Waals surface area (Å²) < 4.78 is 14.7. The fourth-order valence-corrected chi connectivity index (χ4v) is 3.12. The summed E-state index contributed by atoms with van der Waals surface area (Å²) in [5, 5.41) is 10.3. The Morgan fingerprint density at radius 1 is 1.00 bits per heavy atom. The zero-order valence-electron chi connectivity index (χ0n) is 18.9. The third kappa shape index (κ3) is 6.26. The number of nitrogens with zero attached hydrogens (tertiary/aromatic N) is 2. The number of hydrogen-bond acceptors (Lipinski definition) is 3. The summed E-state index contributed by atoms with van der Waals surface area (Å²) in [5.41, 5.74) is 3.40. The minimum Gasteiger partial charge on any atom is -0.352 e. The molecule has 2 amide bonds. The van der Waals surface area contributed by atoms with Gasteiger partial charge in [0.1, 0.15) is 11.6 Å². The van der Waals surface area contributed by atoms with Gasteiger partial charge in [-0.1, -0.05) is 45.0 Å². The van der Waals surface area contributed by atoms with Crippen molar-refractivity contribution in [2.24, 2.45) is 0 Å². The number of carbonyl (C=O) groups is 2. The third-order valence-electron chi connectivity index (χ3n) is 4.97. The van der Waals surface area contributed by atoms with E-state index in [1.807, 2.05) is 37.3 Å². The molecule has 7 heteroatoms. The maximum Gasteiger partial charge on any atom is 0.226 e. The van der Waals surface area contributed by atoms with Crippen LogP contribution in [0.4, 0.5) is 10.2 Å². The van der Waals surface area contributed by atoms with Crippen LogP contribution in [0.15, 0.2) is 54.6 Å². The van der Waals surface area contributed by atoms with Crippen molar-refractivity contribution in [2.45, 2.75) is 52.5 Å². The zero-order valence-corrected chi connectivity index (χ0v) is 18.9. The molecule has 2 N–H and O–H groups in total. The first-order chi connectivity index (χ1) is 15.1. The first-order valence-corrected chi connectivity index (χ1v) is 10.6. The molecule has 168 valence electrons. The smallest absolute Gasteiger partial charge is 0.226 e. The van der Waals surface area contributed by atoms with Gasteiger partial charge >= 0.3 is 0 Å². The number of nitrogens with one attached hydrogen (secondary N) is 2. The van der Waals surface area contributed by atoms with Crippen molar-refractivity contribution in [2.75, 3.05) is 5.32 Å². The molecule has 0 spiro atoms. The van der Waals surface area contributed by atoms with Crippen LogP contribution in [0.3, 0.4) is 0 Å². The molecule has 1 heterocycles. The van der Waals surface area contributed by atoms with Crippen LogP contribution in [0.2, 0.25) is 0 Å². The lowest BCUT2D eigenvalue weighted by Gasteiger charge is -2.14. The molecule has 0 aliphatic heterocycles. The monoisotopic (exact) mass is 436 g/mol. The van der Waals surface area contributed by atoms with Crippen LogP contribution in [0, 0.1) is 12.7 Å². The molecular formula is C25H29FN4O2. The summed E-state index contributed by atoms with van der Waals surface area (Å²) >= 11 is 0. The van der Waals surface area contributed by atoms with Gasteiger partial charge in [-0.25, -0.2) is 9.07 Å². The summed E-state index contributed by atoms with van der Waals surface area (Å²) in [6.45, 7) is 8.48. The van der Waals surface area contributed by atoms with E-state index in [9.17, 15) is 14.0 Å². The highest BCUT2D eigenvalue weighted by Gasteiger charge is 2.21. The Hall–Kier alpha value is -3.48. The van der Waals surface area contributed by atoms with Crippen LogP contribution in [0.5, 0.6) is 0 Å². The number of carbonyl (C=O) groups excluding carboxylic acids is 2. The standard InChI is InChI=1S/C25H29FN4O2/c1-17-6-5-7-20(14-17)30-22(15-21(29-30)25(2,3)4)28-24(32)13-12-23(31)27-16-18-8-10-19(26)11-9-18/h5-11,14-15H,12-13,16H2,1-4H3,(H,27,31)(H,28,32). The Kier molecular flexibility index (Phi) is 7.08. The van der Waals surface area contributed by atoms with E-state index in [-0.39, 0.29) is 42.4 Å². The van der Waals surface area contributed by atoms with Crippen LogP contribution in [-0.4, -0.2) is 21.6 Å². The van der Waals surface area contributed by atoms with Crippen molar-refractivity contribution in [3.63, 3.8) is 0 Å². The molecule has 0 saturated heterocycles. The zero-order chi connectivity index (χ0) is 23.3. The predicted octanol–water partition coefficient (Wildman–Crippen LogP) is 4.65. The number of aryl methyl sites for hydroxylation is 1. The molecule has 0 aliphatic carbocycles. The summed E-state index contributed by atoms with van der Waals surface area (Å²) in [7, 11) is 0. The Morgan fingerprint density at radius 2 is 1.69 bits per heavy atom. The summed E-state index contributed by atoms with van der Waals surface area (Å²) in [5.74, 6) is -0.267. The van der Waals surface area contributed by atoms with Crippen molar-refractivity contribution in [1.82, 2.24) is 15.1 Å². The topological polar surface area (TPSA) is 76.0 Å². The molecular weight excluding hydrogens is 407 g/mol. The van der Waals surface area contributed by atoms with Crippen molar-refractivity contribution in [1.29, 1.82) is 0 Å². The van der Waals surface area contributed by atoms with Crippen LogP contribution < -0.4 is 10.6 Å². The van der Waals surface area contributed by atoms with Crippen LogP contribution in [0.1, 0.15) is 50.4 Å². The van der Waals surface area contributed by atoms with Crippen molar-refractivity contribution < 1.29 is 14.0 Å². The second kappa shape index (κ2) is 9.77. The maximum absolute atomic E-state index is 13.0. The van der Waals surface area contributed by atoms with Gasteiger partial charge in [0.05, 0.1) is 11.4 Å². The number of hydrogen-bond donors (Lipinski definition) is 2. The lowest BCUT2D eigenvalue weighted by atomic mass is 9.92. The summed E-state index contributed by atoms with van der Waals surface area (Å²) in [4.78, 5) is 24.7. The van der Waals surface area contributed by atoms with E-state index in [0.29, 0.717) is 5.82 Å². The predicted molar refractivity (Wildman–Crippen MR) is 123 cm³/mol. The molecule has 0 unspecified atom stereocenters. The van der Waals surface area contributed by atoms with Gasteiger partial charge in [-0.15, -0.1) is 0 Å². The molecule has 32 heavy (non-hydrogen) atoms. The van der Waals surface area contributed by atoms with E-state index in [2.05, 4.69) is 31.4 Å². The number of anilines is 1. The Bertz CT molecular complexity index is 1100. The van der Waals surface area contributed by atoms with Crippen LogP contribution in [-0.2, 0) is 21.5 Å². The third-order valence-corrected chi connectivity index (χ3v) is 4.97. The van der Waals surface area contributed by atoms with Gasteiger partial charge in [0.25, 0.3) is 0 Å². The van der Waals surface area contributed by atoms with Gasteiger partial charge in [0.15, 0.2) is 0 Å². The van der Waals surface area contributed by atoms with Gasteiger partial charge in [-0.2, -0.15) is 5.10 Å². The highest BCUT2D eigenvalue weighted by molar-refractivity contribution is 5.92. The van der Waals surface area contributed by atoms with E-state index in [4.69, 9.17) is 5.10 Å².